The molecule has 0 atom stereocenters. The molecule has 7 aromatic rings. The number of anilines is 1. The lowest BCUT2D eigenvalue weighted by Gasteiger charge is -2.27. The molecule has 4 heterocycles. The number of hydrogen-bond donors (Lipinski definition) is 5. The van der Waals surface area contributed by atoms with Crippen LogP contribution in [0.15, 0.2) is 155 Å². The largest absolute Gasteiger partial charge is 0.492 e. The predicted molar refractivity (Wildman–Crippen MR) is 236 cm³/mol. The van der Waals surface area contributed by atoms with Crippen LogP contribution in [-0.2, 0) is 51.1 Å². The van der Waals surface area contributed by atoms with Crippen LogP contribution in [0.5, 0.6) is 23.5 Å². The molecule has 0 fully saturated rings. The monoisotopic (exact) mass is 899 g/mol. The Balaban J connectivity index is 1.00. The molecule has 0 saturated heterocycles. The van der Waals surface area contributed by atoms with E-state index in [2.05, 4.69) is 4.90 Å². The Hall–Kier alpha value is -8.02. The smallest absolute Gasteiger partial charge is 0.374 e. The SMILES string of the molecule is CC1(C)\C(=C/C=C/C=C/c2oc3ccccc3[n+]2Cc2ccc(CC(=O)On3c(O)ccc3O)cc2)N(Cc2ccc(CC(=O)On3c(O)ccc3O)cc2)c2ccc(S(=O)(=O)O)cc21. The standard InChI is InChI=1S/C48H42N4O12S/c1-48(2)36-28-35(65(59,60)61)20-21-37(36)49(29-33-16-12-31(13-17-33)26-46(57)63-51-41(53)22-23-42(51)54)40(48)10-4-3-5-11-45-50(38-8-6-7-9-39(38)62-45)30-34-18-14-32(15-19-34)27-47(58)64-52-43(55)24-25-44(52)56/h3-25,28H,26-27,29-30H2,1-2H3,(H4-,53,54,55,56,59,60,61)/p+1. The van der Waals surface area contributed by atoms with Gasteiger partial charge in [0.25, 0.3) is 15.6 Å². The normalized spacial score (nSPS) is 14.2. The maximum Gasteiger partial charge on any atom is 0.374 e. The molecular formula is C48H43N4O12S+. The van der Waals surface area contributed by atoms with Gasteiger partial charge >= 0.3 is 17.8 Å². The Labute approximate surface area is 372 Å². The Bertz CT molecular complexity index is 3100. The van der Waals surface area contributed by atoms with E-state index in [-0.39, 0.29) is 17.7 Å². The highest BCUT2D eigenvalue weighted by molar-refractivity contribution is 7.85. The van der Waals surface area contributed by atoms with Crippen molar-refractivity contribution in [3.63, 3.8) is 0 Å². The first-order valence-electron chi connectivity index (χ1n) is 20.2. The van der Waals surface area contributed by atoms with Crippen molar-refractivity contribution in [3.05, 3.63) is 179 Å². The first-order valence-corrected chi connectivity index (χ1v) is 21.6. The fourth-order valence-corrected chi connectivity index (χ4v) is 8.16. The minimum absolute atomic E-state index is 0.0909. The van der Waals surface area contributed by atoms with E-state index < -0.39 is 51.0 Å². The van der Waals surface area contributed by atoms with Crippen LogP contribution in [0.25, 0.3) is 17.2 Å². The molecule has 0 amide bonds. The minimum Gasteiger partial charge on any atom is -0.492 e. The van der Waals surface area contributed by atoms with Crippen molar-refractivity contribution in [2.75, 3.05) is 4.90 Å². The molecule has 0 saturated carbocycles. The van der Waals surface area contributed by atoms with Crippen molar-refractivity contribution in [2.24, 2.45) is 0 Å². The van der Waals surface area contributed by atoms with Gasteiger partial charge in [0.05, 0.1) is 23.8 Å². The summed E-state index contributed by atoms with van der Waals surface area (Å²) in [6.07, 6.45) is 9.15. The summed E-state index contributed by atoms with van der Waals surface area (Å²) in [7, 11) is -4.48. The van der Waals surface area contributed by atoms with E-state index in [1.54, 1.807) is 30.3 Å². The van der Waals surface area contributed by atoms with Gasteiger partial charge in [0.2, 0.25) is 29.1 Å². The van der Waals surface area contributed by atoms with Crippen LogP contribution < -0.4 is 19.1 Å². The summed E-state index contributed by atoms with van der Waals surface area (Å²) < 4.78 is 43.9. The van der Waals surface area contributed by atoms with Crippen LogP contribution in [0.3, 0.4) is 0 Å². The highest BCUT2D eigenvalue weighted by Crippen LogP contribution is 2.49. The number of nitrogens with zero attached hydrogens (tertiary/aromatic N) is 4. The Morgan fingerprint density at radius 1 is 0.692 bits per heavy atom. The third kappa shape index (κ3) is 9.36. The van der Waals surface area contributed by atoms with E-state index in [9.17, 15) is 43.0 Å². The number of carbonyl (C=O) groups is 2. The molecule has 17 heteroatoms. The maximum absolute atomic E-state index is 12.6. The van der Waals surface area contributed by atoms with Crippen LogP contribution >= 0.6 is 0 Å². The number of rotatable bonds is 14. The number of hydrogen-bond acceptors (Lipinski definition) is 12. The lowest BCUT2D eigenvalue weighted by molar-refractivity contribution is -0.669. The highest BCUT2D eigenvalue weighted by Gasteiger charge is 2.40. The van der Waals surface area contributed by atoms with Gasteiger partial charge in [0, 0.05) is 59.2 Å². The Morgan fingerprint density at radius 3 is 1.80 bits per heavy atom. The zero-order chi connectivity index (χ0) is 46.0. The van der Waals surface area contributed by atoms with Gasteiger partial charge in [-0.25, -0.2) is 9.59 Å². The second-order valence-electron chi connectivity index (χ2n) is 15.8. The number of oxazole rings is 1. The first kappa shape index (κ1) is 43.6. The van der Waals surface area contributed by atoms with Gasteiger partial charge in [0.15, 0.2) is 6.54 Å². The molecule has 4 aromatic carbocycles. The molecule has 0 aliphatic carbocycles. The van der Waals surface area contributed by atoms with Crippen LogP contribution in [-0.4, -0.2) is 54.8 Å². The molecule has 5 N–H and O–H groups in total. The third-order valence-corrected chi connectivity index (χ3v) is 11.8. The number of allylic oxidation sites excluding steroid dienone is 5. The van der Waals surface area contributed by atoms with E-state index in [4.69, 9.17) is 14.1 Å². The quantitative estimate of drug-likeness (QED) is 0.0462. The van der Waals surface area contributed by atoms with Crippen LogP contribution in [0.2, 0.25) is 0 Å². The number of aromatic nitrogens is 3. The average Bonchev–Trinajstić information content (AvgIpc) is 3.95. The number of carbonyl (C=O) groups excluding carboxylic acids is 2. The van der Waals surface area contributed by atoms with E-state index in [0.717, 1.165) is 28.0 Å². The second-order valence-corrected chi connectivity index (χ2v) is 17.2. The molecule has 0 unspecified atom stereocenters. The summed E-state index contributed by atoms with van der Waals surface area (Å²) >= 11 is 0. The van der Waals surface area contributed by atoms with Crippen LogP contribution in [0.4, 0.5) is 5.69 Å². The zero-order valence-electron chi connectivity index (χ0n) is 35.0. The summed E-state index contributed by atoms with van der Waals surface area (Å²) in [5.41, 5.74) is 6.27. The van der Waals surface area contributed by atoms with Crippen molar-refractivity contribution in [3.8, 4) is 23.5 Å². The lowest BCUT2D eigenvalue weighted by Crippen LogP contribution is -2.35. The van der Waals surface area contributed by atoms with Crippen molar-refractivity contribution in [1.82, 2.24) is 9.46 Å². The van der Waals surface area contributed by atoms with Gasteiger partial charge in [-0.2, -0.15) is 13.0 Å². The molecule has 8 rings (SSSR count). The topological polar surface area (TPSA) is 218 Å². The number of fused-ring (bicyclic) bond motifs is 2. The summed E-state index contributed by atoms with van der Waals surface area (Å²) in [4.78, 5) is 37.1. The van der Waals surface area contributed by atoms with Gasteiger partial charge in [-0.05, 0) is 52.6 Å². The average molecular weight is 900 g/mol. The molecule has 1 aliphatic rings. The van der Waals surface area contributed by atoms with Crippen LogP contribution in [0, 0.1) is 0 Å². The number of para-hydroxylation sites is 2. The minimum atomic E-state index is -4.48. The molecule has 0 radical (unpaired) electrons. The van der Waals surface area contributed by atoms with Gasteiger partial charge < -0.3 is 39.4 Å². The van der Waals surface area contributed by atoms with Crippen LogP contribution in [0.1, 0.15) is 47.6 Å². The van der Waals surface area contributed by atoms with Crippen molar-refractivity contribution in [1.29, 1.82) is 0 Å². The number of benzene rings is 4. The fraction of sp³-hybridized carbons (Fsp3) is 0.146. The summed E-state index contributed by atoms with van der Waals surface area (Å²) in [6.45, 7) is 4.77. The van der Waals surface area contributed by atoms with E-state index >= 15 is 0 Å². The molecule has 0 bridgehead atoms. The van der Waals surface area contributed by atoms with Crippen molar-refractivity contribution >= 4 is 44.9 Å². The summed E-state index contributed by atoms with van der Waals surface area (Å²) in [5.74, 6) is -2.44. The molecule has 1 aliphatic heterocycles. The van der Waals surface area contributed by atoms with Crippen molar-refractivity contribution < 1.29 is 61.6 Å². The van der Waals surface area contributed by atoms with E-state index in [0.29, 0.717) is 50.7 Å². The first-order chi connectivity index (χ1) is 31.0. The van der Waals surface area contributed by atoms with E-state index in [1.807, 2.05) is 97.3 Å². The molecule has 16 nitrogen and oxygen atoms in total. The van der Waals surface area contributed by atoms with Gasteiger partial charge in [0.1, 0.15) is 0 Å². The molecular weight excluding hydrogens is 857 g/mol. The predicted octanol–water partition coefficient (Wildman–Crippen LogP) is 6.29. The Kier molecular flexibility index (Phi) is 11.8. The number of aromatic hydroxyl groups is 4. The molecule has 3 aromatic heterocycles. The van der Waals surface area contributed by atoms with Gasteiger partial charge in [-0.15, -0.1) is 9.46 Å². The summed E-state index contributed by atoms with van der Waals surface area (Å²) in [6, 6.07) is 31.6. The maximum atomic E-state index is 12.6. The molecule has 65 heavy (non-hydrogen) atoms. The van der Waals surface area contributed by atoms with Crippen molar-refractivity contribution in [2.45, 2.75) is 50.1 Å². The third-order valence-electron chi connectivity index (χ3n) is 10.9. The van der Waals surface area contributed by atoms with Gasteiger partial charge in [-0.3, -0.25) is 4.55 Å². The zero-order valence-corrected chi connectivity index (χ0v) is 35.8. The second kappa shape index (κ2) is 17.6. The molecule has 332 valence electrons. The summed E-state index contributed by atoms with van der Waals surface area (Å²) in [5, 5.41) is 39.2. The Morgan fingerprint density at radius 2 is 1.23 bits per heavy atom. The molecule has 0 spiro atoms. The highest BCUT2D eigenvalue weighted by atomic mass is 32.2. The van der Waals surface area contributed by atoms with E-state index in [1.165, 1.54) is 36.4 Å². The fourth-order valence-electron chi connectivity index (χ4n) is 7.66. The van der Waals surface area contributed by atoms with Gasteiger partial charge in [-0.1, -0.05) is 92.7 Å². The lowest BCUT2D eigenvalue weighted by atomic mass is 9.83.